The lowest BCUT2D eigenvalue weighted by atomic mass is 10.0. The fourth-order valence-corrected chi connectivity index (χ4v) is 3.39. The third-order valence-corrected chi connectivity index (χ3v) is 4.82. The molecule has 0 radical (unpaired) electrons. The summed E-state index contributed by atoms with van der Waals surface area (Å²) in [4.78, 5) is 25.2. The SMILES string of the molecule is O=C(c1cnc(N2CCOCC2)cn1)N1CCC2(CC1)OCCO2. The molecule has 0 atom stereocenters. The van der Waals surface area contributed by atoms with Crippen molar-refractivity contribution in [2.24, 2.45) is 0 Å². The summed E-state index contributed by atoms with van der Waals surface area (Å²) < 4.78 is 16.7. The molecule has 0 saturated carbocycles. The monoisotopic (exact) mass is 334 g/mol. The highest BCUT2D eigenvalue weighted by Crippen LogP contribution is 2.31. The predicted octanol–water partition coefficient (Wildman–Crippen LogP) is 0.292. The molecule has 0 bridgehead atoms. The summed E-state index contributed by atoms with van der Waals surface area (Å²) in [7, 11) is 0. The number of anilines is 1. The van der Waals surface area contributed by atoms with Crippen molar-refractivity contribution in [3.8, 4) is 0 Å². The molecule has 3 fully saturated rings. The van der Waals surface area contributed by atoms with Gasteiger partial charge in [-0.05, 0) is 0 Å². The van der Waals surface area contributed by atoms with Gasteiger partial charge in [-0.3, -0.25) is 4.79 Å². The number of carbonyl (C=O) groups excluding carboxylic acids is 1. The van der Waals surface area contributed by atoms with E-state index in [1.807, 2.05) is 0 Å². The molecule has 8 heteroatoms. The average molecular weight is 334 g/mol. The second-order valence-electron chi connectivity index (χ2n) is 6.26. The Labute approximate surface area is 140 Å². The highest BCUT2D eigenvalue weighted by atomic mass is 16.7. The molecule has 0 aromatic carbocycles. The molecule has 0 aliphatic carbocycles. The van der Waals surface area contributed by atoms with Gasteiger partial charge in [-0.1, -0.05) is 0 Å². The molecule has 3 aliphatic rings. The van der Waals surface area contributed by atoms with Gasteiger partial charge in [0, 0.05) is 39.0 Å². The molecule has 1 amide bonds. The van der Waals surface area contributed by atoms with Crippen LogP contribution in [0.15, 0.2) is 12.4 Å². The highest BCUT2D eigenvalue weighted by molar-refractivity contribution is 5.92. The van der Waals surface area contributed by atoms with Crippen LogP contribution in [0.1, 0.15) is 23.3 Å². The van der Waals surface area contributed by atoms with Crippen LogP contribution in [0.25, 0.3) is 0 Å². The minimum atomic E-state index is -0.470. The maximum atomic E-state index is 12.6. The largest absolute Gasteiger partial charge is 0.378 e. The van der Waals surface area contributed by atoms with Crippen LogP contribution in [0.4, 0.5) is 5.82 Å². The zero-order valence-electron chi connectivity index (χ0n) is 13.6. The molecule has 3 aliphatic heterocycles. The van der Waals surface area contributed by atoms with Gasteiger partial charge < -0.3 is 24.0 Å². The summed E-state index contributed by atoms with van der Waals surface area (Å²) >= 11 is 0. The van der Waals surface area contributed by atoms with E-state index in [1.165, 1.54) is 0 Å². The molecule has 1 spiro atoms. The molecule has 4 rings (SSSR count). The summed E-state index contributed by atoms with van der Waals surface area (Å²) in [6.45, 7) is 5.51. The quantitative estimate of drug-likeness (QED) is 0.769. The Hall–Kier alpha value is -1.77. The second kappa shape index (κ2) is 6.62. The third kappa shape index (κ3) is 3.09. The second-order valence-corrected chi connectivity index (χ2v) is 6.26. The minimum Gasteiger partial charge on any atom is -0.378 e. The number of hydrogen-bond acceptors (Lipinski definition) is 7. The topological polar surface area (TPSA) is 77.0 Å². The van der Waals surface area contributed by atoms with Crippen LogP contribution in [0.5, 0.6) is 0 Å². The molecule has 1 aromatic rings. The van der Waals surface area contributed by atoms with E-state index in [-0.39, 0.29) is 5.91 Å². The molecule has 4 heterocycles. The number of nitrogens with zero attached hydrogens (tertiary/aromatic N) is 4. The fourth-order valence-electron chi connectivity index (χ4n) is 3.39. The minimum absolute atomic E-state index is 0.0797. The van der Waals surface area contributed by atoms with Crippen molar-refractivity contribution >= 4 is 11.7 Å². The molecule has 8 nitrogen and oxygen atoms in total. The number of ether oxygens (including phenoxy) is 3. The van der Waals surface area contributed by atoms with Crippen molar-refractivity contribution in [1.29, 1.82) is 0 Å². The predicted molar refractivity (Wildman–Crippen MR) is 84.8 cm³/mol. The molecular weight excluding hydrogens is 312 g/mol. The number of rotatable bonds is 2. The Morgan fingerprint density at radius 3 is 2.29 bits per heavy atom. The van der Waals surface area contributed by atoms with Crippen LogP contribution in [-0.4, -0.2) is 79.2 Å². The van der Waals surface area contributed by atoms with Gasteiger partial charge in [0.2, 0.25) is 0 Å². The number of morpholine rings is 1. The first kappa shape index (κ1) is 15.7. The van der Waals surface area contributed by atoms with Crippen molar-refractivity contribution in [3.05, 3.63) is 18.1 Å². The molecule has 1 aromatic heterocycles. The van der Waals surface area contributed by atoms with Crippen LogP contribution in [0.3, 0.4) is 0 Å². The third-order valence-electron chi connectivity index (χ3n) is 4.82. The van der Waals surface area contributed by atoms with Gasteiger partial charge in [-0.2, -0.15) is 0 Å². The Balaban J connectivity index is 1.37. The molecular formula is C16H22N4O4. The maximum Gasteiger partial charge on any atom is 0.274 e. The fraction of sp³-hybridized carbons (Fsp3) is 0.688. The first-order valence-electron chi connectivity index (χ1n) is 8.48. The zero-order valence-corrected chi connectivity index (χ0v) is 13.6. The first-order valence-corrected chi connectivity index (χ1v) is 8.48. The Kier molecular flexibility index (Phi) is 4.34. The number of carbonyl (C=O) groups is 1. The van der Waals surface area contributed by atoms with Crippen LogP contribution in [0, 0.1) is 0 Å². The average Bonchev–Trinajstić information content (AvgIpc) is 3.11. The smallest absolute Gasteiger partial charge is 0.274 e. The molecule has 24 heavy (non-hydrogen) atoms. The standard InChI is InChI=1S/C16H22N4O4/c21-15(20-3-1-16(2-4-20)23-9-10-24-16)13-11-18-14(12-17-13)19-5-7-22-8-6-19/h11-12H,1-10H2. The van der Waals surface area contributed by atoms with E-state index >= 15 is 0 Å². The summed E-state index contributed by atoms with van der Waals surface area (Å²) in [5, 5.41) is 0. The van der Waals surface area contributed by atoms with Gasteiger partial charge >= 0.3 is 0 Å². The highest BCUT2D eigenvalue weighted by Gasteiger charge is 2.41. The molecule has 0 unspecified atom stereocenters. The van der Waals surface area contributed by atoms with E-state index in [1.54, 1.807) is 17.3 Å². The van der Waals surface area contributed by atoms with E-state index in [0.29, 0.717) is 58.1 Å². The molecule has 130 valence electrons. The van der Waals surface area contributed by atoms with Crippen molar-refractivity contribution in [2.75, 3.05) is 57.5 Å². The van der Waals surface area contributed by atoms with Gasteiger partial charge in [-0.15, -0.1) is 0 Å². The van der Waals surface area contributed by atoms with Crippen LogP contribution in [0.2, 0.25) is 0 Å². The van der Waals surface area contributed by atoms with Gasteiger partial charge in [0.05, 0.1) is 38.8 Å². The number of piperidine rings is 1. The summed E-state index contributed by atoms with van der Waals surface area (Å²) in [5.74, 6) is 0.243. The van der Waals surface area contributed by atoms with Gasteiger partial charge in [0.1, 0.15) is 11.5 Å². The zero-order chi connectivity index (χ0) is 16.4. The maximum absolute atomic E-state index is 12.6. The lowest BCUT2D eigenvalue weighted by Crippen LogP contribution is -2.47. The molecule has 0 N–H and O–H groups in total. The van der Waals surface area contributed by atoms with Crippen molar-refractivity contribution in [3.63, 3.8) is 0 Å². The molecule has 3 saturated heterocycles. The van der Waals surface area contributed by atoms with E-state index in [9.17, 15) is 4.79 Å². The normalized spacial score (nSPS) is 23.7. The first-order chi connectivity index (χ1) is 11.8. The van der Waals surface area contributed by atoms with E-state index < -0.39 is 5.79 Å². The number of likely N-dealkylation sites (tertiary alicyclic amines) is 1. The Bertz CT molecular complexity index is 572. The van der Waals surface area contributed by atoms with Crippen LogP contribution >= 0.6 is 0 Å². The van der Waals surface area contributed by atoms with Gasteiger partial charge in [0.15, 0.2) is 5.79 Å². The summed E-state index contributed by atoms with van der Waals surface area (Å²) in [6.07, 6.45) is 4.66. The van der Waals surface area contributed by atoms with Gasteiger partial charge in [0.25, 0.3) is 5.91 Å². The Morgan fingerprint density at radius 2 is 1.67 bits per heavy atom. The number of aromatic nitrogens is 2. The van der Waals surface area contributed by atoms with Crippen molar-refractivity contribution < 1.29 is 19.0 Å². The number of hydrogen-bond donors (Lipinski definition) is 0. The van der Waals surface area contributed by atoms with E-state index in [2.05, 4.69) is 14.9 Å². The number of amides is 1. The lowest BCUT2D eigenvalue weighted by Gasteiger charge is -2.37. The Morgan fingerprint density at radius 1 is 0.958 bits per heavy atom. The van der Waals surface area contributed by atoms with Crippen LogP contribution in [-0.2, 0) is 14.2 Å². The summed E-state index contributed by atoms with van der Waals surface area (Å²) in [5.41, 5.74) is 0.385. The van der Waals surface area contributed by atoms with Crippen molar-refractivity contribution in [2.45, 2.75) is 18.6 Å². The van der Waals surface area contributed by atoms with E-state index in [4.69, 9.17) is 14.2 Å². The van der Waals surface area contributed by atoms with E-state index in [0.717, 1.165) is 18.9 Å². The van der Waals surface area contributed by atoms with Crippen molar-refractivity contribution in [1.82, 2.24) is 14.9 Å². The van der Waals surface area contributed by atoms with Crippen LogP contribution < -0.4 is 4.90 Å². The lowest BCUT2D eigenvalue weighted by molar-refractivity contribution is -0.181. The van der Waals surface area contributed by atoms with Gasteiger partial charge in [-0.25, -0.2) is 9.97 Å². The summed E-state index contributed by atoms with van der Waals surface area (Å²) in [6, 6.07) is 0.